The standard InChI is InChI=1S/C27H50O5/c28-25(21-17-13-9-5-1-3-7-11-15-19-23-26(29)30)22-18-14-10-6-2-4-8-12-16-20-24-27(31)32/h1-24H2,(H,29,30)(H,31,32). The molecule has 2 N–H and O–H groups in total. The van der Waals surface area contributed by atoms with Crippen molar-refractivity contribution in [2.75, 3.05) is 0 Å². The summed E-state index contributed by atoms with van der Waals surface area (Å²) in [5, 5.41) is 17.2. The lowest BCUT2D eigenvalue weighted by molar-refractivity contribution is -0.138. The third-order valence-corrected chi connectivity index (χ3v) is 6.19. The van der Waals surface area contributed by atoms with Gasteiger partial charge in [0.15, 0.2) is 0 Å². The van der Waals surface area contributed by atoms with Gasteiger partial charge in [0, 0.05) is 25.7 Å². The number of carboxylic acid groups (broad SMARTS) is 2. The Kier molecular flexibility index (Phi) is 23.2. The van der Waals surface area contributed by atoms with Crippen molar-refractivity contribution in [3.05, 3.63) is 0 Å². The predicted octanol–water partition coefficient (Wildman–Crippen LogP) is 8.09. The van der Waals surface area contributed by atoms with E-state index in [9.17, 15) is 14.4 Å². The summed E-state index contributed by atoms with van der Waals surface area (Å²) in [5.74, 6) is -0.934. The van der Waals surface area contributed by atoms with Crippen LogP contribution in [0.2, 0.25) is 0 Å². The molecule has 0 aliphatic heterocycles. The van der Waals surface area contributed by atoms with Crippen molar-refractivity contribution in [2.45, 2.75) is 154 Å². The average Bonchev–Trinajstić information content (AvgIpc) is 2.74. The van der Waals surface area contributed by atoms with Crippen LogP contribution in [-0.4, -0.2) is 27.9 Å². The normalized spacial score (nSPS) is 11.0. The van der Waals surface area contributed by atoms with E-state index in [1.165, 1.54) is 77.0 Å². The van der Waals surface area contributed by atoms with E-state index >= 15 is 0 Å². The van der Waals surface area contributed by atoms with Crippen LogP contribution in [0.25, 0.3) is 0 Å². The summed E-state index contributed by atoms with van der Waals surface area (Å²) >= 11 is 0. The molecule has 0 aromatic rings. The molecule has 32 heavy (non-hydrogen) atoms. The van der Waals surface area contributed by atoms with Crippen LogP contribution in [0, 0.1) is 0 Å². The minimum Gasteiger partial charge on any atom is -0.481 e. The molecule has 0 bridgehead atoms. The van der Waals surface area contributed by atoms with E-state index in [0.717, 1.165) is 64.2 Å². The number of aliphatic carboxylic acids is 2. The largest absolute Gasteiger partial charge is 0.481 e. The Hall–Kier alpha value is -1.39. The van der Waals surface area contributed by atoms with Crippen LogP contribution in [-0.2, 0) is 14.4 Å². The number of carboxylic acids is 2. The van der Waals surface area contributed by atoms with Gasteiger partial charge in [0.05, 0.1) is 0 Å². The van der Waals surface area contributed by atoms with Gasteiger partial charge in [-0.1, -0.05) is 103 Å². The van der Waals surface area contributed by atoms with Gasteiger partial charge in [-0.25, -0.2) is 0 Å². The fraction of sp³-hybridized carbons (Fsp3) is 0.889. The quantitative estimate of drug-likeness (QED) is 0.129. The highest BCUT2D eigenvalue weighted by molar-refractivity contribution is 5.78. The van der Waals surface area contributed by atoms with Crippen LogP contribution < -0.4 is 0 Å². The molecule has 0 amide bonds. The SMILES string of the molecule is O=C(O)CCCCCCCCCCCCC(=O)CCCCCCCCCCCCC(=O)O. The van der Waals surface area contributed by atoms with E-state index in [2.05, 4.69) is 0 Å². The summed E-state index contributed by atoms with van der Waals surface area (Å²) in [6.45, 7) is 0. The number of hydrogen-bond acceptors (Lipinski definition) is 3. The minimum atomic E-state index is -0.686. The van der Waals surface area contributed by atoms with Crippen molar-refractivity contribution in [1.82, 2.24) is 0 Å². The first kappa shape index (κ1) is 30.6. The van der Waals surface area contributed by atoms with Gasteiger partial charge in [-0.15, -0.1) is 0 Å². The van der Waals surface area contributed by atoms with E-state index < -0.39 is 11.9 Å². The summed E-state index contributed by atoms with van der Waals surface area (Å²) < 4.78 is 0. The van der Waals surface area contributed by atoms with Crippen molar-refractivity contribution in [1.29, 1.82) is 0 Å². The fourth-order valence-electron chi connectivity index (χ4n) is 4.15. The Labute approximate surface area is 196 Å². The summed E-state index contributed by atoms with van der Waals surface area (Å²) in [6.07, 6.45) is 24.9. The van der Waals surface area contributed by atoms with E-state index in [1.54, 1.807) is 0 Å². The van der Waals surface area contributed by atoms with Gasteiger partial charge in [0.2, 0.25) is 0 Å². The minimum absolute atomic E-state index is 0.304. The molecule has 0 saturated heterocycles. The highest BCUT2D eigenvalue weighted by atomic mass is 16.4. The van der Waals surface area contributed by atoms with Gasteiger partial charge in [-0.2, -0.15) is 0 Å². The first-order valence-electron chi connectivity index (χ1n) is 13.5. The summed E-state index contributed by atoms with van der Waals surface area (Å²) in [4.78, 5) is 32.8. The Balaban J connectivity index is 3.18. The second-order valence-electron chi connectivity index (χ2n) is 9.40. The molecule has 0 aromatic carbocycles. The Morgan fingerprint density at radius 3 is 0.719 bits per heavy atom. The van der Waals surface area contributed by atoms with Gasteiger partial charge >= 0.3 is 11.9 Å². The molecule has 0 aliphatic carbocycles. The van der Waals surface area contributed by atoms with Crippen LogP contribution >= 0.6 is 0 Å². The number of ketones is 1. The molecule has 0 aromatic heterocycles. The molecule has 0 spiro atoms. The molecule has 188 valence electrons. The fourth-order valence-corrected chi connectivity index (χ4v) is 4.15. The van der Waals surface area contributed by atoms with Crippen LogP contribution in [0.5, 0.6) is 0 Å². The van der Waals surface area contributed by atoms with Gasteiger partial charge in [-0.3, -0.25) is 14.4 Å². The summed E-state index contributed by atoms with van der Waals surface area (Å²) in [6, 6.07) is 0. The molecule has 0 radical (unpaired) electrons. The van der Waals surface area contributed by atoms with E-state index in [0.29, 0.717) is 18.6 Å². The molecule has 5 heteroatoms. The molecule has 0 aliphatic rings. The second kappa shape index (κ2) is 24.3. The van der Waals surface area contributed by atoms with E-state index in [4.69, 9.17) is 10.2 Å². The predicted molar refractivity (Wildman–Crippen MR) is 131 cm³/mol. The Morgan fingerprint density at radius 2 is 0.500 bits per heavy atom. The number of carbonyl (C=O) groups excluding carboxylic acids is 1. The molecule has 0 fully saturated rings. The topological polar surface area (TPSA) is 91.7 Å². The molecule has 0 atom stereocenters. The lowest BCUT2D eigenvalue weighted by Gasteiger charge is -2.04. The third-order valence-electron chi connectivity index (χ3n) is 6.19. The first-order chi connectivity index (χ1) is 15.5. The maximum Gasteiger partial charge on any atom is 0.303 e. The van der Waals surface area contributed by atoms with E-state index in [-0.39, 0.29) is 0 Å². The van der Waals surface area contributed by atoms with Crippen LogP contribution in [0.1, 0.15) is 154 Å². The average molecular weight is 455 g/mol. The van der Waals surface area contributed by atoms with Crippen LogP contribution in [0.4, 0.5) is 0 Å². The van der Waals surface area contributed by atoms with Gasteiger partial charge in [0.25, 0.3) is 0 Å². The summed E-state index contributed by atoms with van der Waals surface area (Å²) in [7, 11) is 0. The highest BCUT2D eigenvalue weighted by Gasteiger charge is 2.02. The summed E-state index contributed by atoms with van der Waals surface area (Å²) in [5.41, 5.74) is 0. The van der Waals surface area contributed by atoms with Crippen LogP contribution in [0.15, 0.2) is 0 Å². The maximum atomic E-state index is 12.0. The van der Waals surface area contributed by atoms with Crippen LogP contribution in [0.3, 0.4) is 0 Å². The van der Waals surface area contributed by atoms with Gasteiger partial charge in [0.1, 0.15) is 5.78 Å². The Morgan fingerprint density at radius 1 is 0.312 bits per heavy atom. The molecular formula is C27H50O5. The van der Waals surface area contributed by atoms with Crippen molar-refractivity contribution >= 4 is 17.7 Å². The molecule has 0 rings (SSSR count). The number of unbranched alkanes of at least 4 members (excludes halogenated alkanes) is 18. The zero-order valence-electron chi connectivity index (χ0n) is 20.6. The zero-order chi connectivity index (χ0) is 23.7. The molecular weight excluding hydrogens is 404 g/mol. The van der Waals surface area contributed by atoms with Crippen molar-refractivity contribution in [3.63, 3.8) is 0 Å². The second-order valence-corrected chi connectivity index (χ2v) is 9.40. The number of hydrogen-bond donors (Lipinski definition) is 2. The smallest absolute Gasteiger partial charge is 0.303 e. The number of rotatable bonds is 26. The monoisotopic (exact) mass is 454 g/mol. The molecule has 0 heterocycles. The maximum absolute atomic E-state index is 12.0. The van der Waals surface area contributed by atoms with E-state index in [1.807, 2.05) is 0 Å². The zero-order valence-corrected chi connectivity index (χ0v) is 20.6. The number of Topliss-reactive ketones (excluding diaryl/α,β-unsaturated/α-hetero) is 1. The third kappa shape index (κ3) is 26.6. The molecule has 5 nitrogen and oxygen atoms in total. The number of carbonyl (C=O) groups is 3. The van der Waals surface area contributed by atoms with Crippen molar-refractivity contribution in [2.24, 2.45) is 0 Å². The Bertz CT molecular complexity index is 421. The van der Waals surface area contributed by atoms with Crippen molar-refractivity contribution < 1.29 is 24.6 Å². The molecule has 0 saturated carbocycles. The highest BCUT2D eigenvalue weighted by Crippen LogP contribution is 2.14. The lowest BCUT2D eigenvalue weighted by Crippen LogP contribution is -1.97. The van der Waals surface area contributed by atoms with Gasteiger partial charge in [-0.05, 0) is 25.7 Å². The van der Waals surface area contributed by atoms with Crippen molar-refractivity contribution in [3.8, 4) is 0 Å². The molecule has 0 unspecified atom stereocenters. The lowest BCUT2D eigenvalue weighted by atomic mass is 10.0. The van der Waals surface area contributed by atoms with Gasteiger partial charge < -0.3 is 10.2 Å². The first-order valence-corrected chi connectivity index (χ1v) is 13.5.